The van der Waals surface area contributed by atoms with Crippen LogP contribution in [0.1, 0.15) is 33.2 Å². The molecule has 1 N–H and O–H groups in total. The number of carbonyl (C=O) groups is 3. The smallest absolute Gasteiger partial charge is 0.244 e. The lowest BCUT2D eigenvalue weighted by Crippen LogP contribution is -2.37. The molecule has 0 aliphatic carbocycles. The maximum Gasteiger partial charge on any atom is 0.244 e. The standard InChI is InChI=1S/C22H21BrN2O4S/c1-15-8-10-20(30-15)19(26)9-11-22(28)25(13-16-5-4-12-29-16)14-21(27)24-18-7-3-2-6-17(18)23/h2-8,10,12H,9,11,13-14H2,1H3,(H,24,27). The Balaban J connectivity index is 1.63. The molecule has 2 heterocycles. The number of nitrogens with zero attached hydrogens (tertiary/aromatic N) is 1. The number of nitrogens with one attached hydrogen (secondary N) is 1. The quantitative estimate of drug-likeness (QED) is 0.427. The highest BCUT2D eigenvalue weighted by atomic mass is 79.9. The fourth-order valence-corrected chi connectivity index (χ4v) is 4.05. The number of furan rings is 1. The number of carbonyl (C=O) groups excluding carboxylic acids is 3. The first-order chi connectivity index (χ1) is 14.4. The van der Waals surface area contributed by atoms with Gasteiger partial charge in [0.1, 0.15) is 12.3 Å². The average molecular weight is 489 g/mol. The Labute approximate surface area is 187 Å². The largest absolute Gasteiger partial charge is 0.467 e. The van der Waals surface area contributed by atoms with Crippen LogP contribution in [-0.2, 0) is 16.1 Å². The predicted octanol–water partition coefficient (Wildman–Crippen LogP) is 5.04. The van der Waals surface area contributed by atoms with Gasteiger partial charge in [-0.25, -0.2) is 0 Å². The van der Waals surface area contributed by atoms with E-state index in [4.69, 9.17) is 4.42 Å². The highest BCUT2D eigenvalue weighted by molar-refractivity contribution is 9.10. The minimum Gasteiger partial charge on any atom is -0.467 e. The Kier molecular flexibility index (Phi) is 7.59. The van der Waals surface area contributed by atoms with Gasteiger partial charge in [-0.2, -0.15) is 0 Å². The lowest BCUT2D eigenvalue weighted by molar-refractivity contribution is -0.135. The van der Waals surface area contributed by atoms with E-state index in [1.807, 2.05) is 31.2 Å². The molecule has 0 radical (unpaired) electrons. The summed E-state index contributed by atoms with van der Waals surface area (Å²) in [5.41, 5.74) is 0.621. The molecule has 1 aromatic carbocycles. The topological polar surface area (TPSA) is 79.6 Å². The number of hydrogen-bond acceptors (Lipinski definition) is 5. The van der Waals surface area contributed by atoms with E-state index >= 15 is 0 Å². The van der Waals surface area contributed by atoms with Crippen LogP contribution in [0.25, 0.3) is 0 Å². The van der Waals surface area contributed by atoms with Crippen LogP contribution in [-0.4, -0.2) is 29.0 Å². The maximum atomic E-state index is 12.8. The first-order valence-electron chi connectivity index (χ1n) is 9.36. The zero-order chi connectivity index (χ0) is 21.5. The fourth-order valence-electron chi connectivity index (χ4n) is 2.83. The molecule has 6 nitrogen and oxygen atoms in total. The summed E-state index contributed by atoms with van der Waals surface area (Å²) in [5.74, 6) is -0.119. The van der Waals surface area contributed by atoms with Crippen LogP contribution in [0.2, 0.25) is 0 Å². The number of thiophene rings is 1. The minimum atomic E-state index is -0.331. The number of benzene rings is 1. The number of aryl methyl sites for hydroxylation is 1. The molecule has 0 fully saturated rings. The third-order valence-electron chi connectivity index (χ3n) is 4.34. The second-order valence-corrected chi connectivity index (χ2v) is 8.83. The van der Waals surface area contributed by atoms with Crippen LogP contribution in [0.15, 0.2) is 63.7 Å². The molecule has 2 amide bonds. The molecule has 0 saturated carbocycles. The summed E-state index contributed by atoms with van der Waals surface area (Å²) < 4.78 is 6.08. The van der Waals surface area contributed by atoms with Crippen LogP contribution in [0, 0.1) is 6.92 Å². The maximum absolute atomic E-state index is 12.8. The van der Waals surface area contributed by atoms with Crippen LogP contribution >= 0.6 is 27.3 Å². The molecule has 0 saturated heterocycles. The van der Waals surface area contributed by atoms with E-state index in [1.165, 1.54) is 22.5 Å². The van der Waals surface area contributed by atoms with Crippen LogP contribution < -0.4 is 5.32 Å². The van der Waals surface area contributed by atoms with Crippen molar-refractivity contribution >= 4 is 50.6 Å². The Morgan fingerprint density at radius 2 is 1.87 bits per heavy atom. The predicted molar refractivity (Wildman–Crippen MR) is 120 cm³/mol. The summed E-state index contributed by atoms with van der Waals surface area (Å²) in [6, 6.07) is 14.4. The molecule has 2 aromatic heterocycles. The Hall–Kier alpha value is -2.71. The van der Waals surface area contributed by atoms with E-state index in [-0.39, 0.29) is 43.5 Å². The molecule has 0 bridgehead atoms. The lowest BCUT2D eigenvalue weighted by atomic mass is 10.1. The second-order valence-electron chi connectivity index (χ2n) is 6.69. The molecule has 3 rings (SSSR count). The normalized spacial score (nSPS) is 10.6. The molecule has 0 atom stereocenters. The number of amides is 2. The number of rotatable bonds is 9. The van der Waals surface area contributed by atoms with Gasteiger partial charge in [-0.1, -0.05) is 12.1 Å². The van der Waals surface area contributed by atoms with Crippen LogP contribution in [0.4, 0.5) is 5.69 Å². The van der Waals surface area contributed by atoms with E-state index in [0.29, 0.717) is 16.3 Å². The van der Waals surface area contributed by atoms with Crippen molar-refractivity contribution < 1.29 is 18.8 Å². The third-order valence-corrected chi connectivity index (χ3v) is 6.08. The number of Topliss-reactive ketones (excluding diaryl/α,β-unsaturated/α-hetero) is 1. The summed E-state index contributed by atoms with van der Waals surface area (Å²) in [5, 5.41) is 2.79. The van der Waals surface area contributed by atoms with Gasteiger partial charge in [-0.05, 0) is 59.3 Å². The van der Waals surface area contributed by atoms with Gasteiger partial charge in [0, 0.05) is 22.2 Å². The molecule has 0 spiro atoms. The Morgan fingerprint density at radius 1 is 1.07 bits per heavy atom. The third kappa shape index (κ3) is 6.14. The van der Waals surface area contributed by atoms with Gasteiger partial charge in [0.05, 0.1) is 23.4 Å². The van der Waals surface area contributed by atoms with Crippen LogP contribution in [0.5, 0.6) is 0 Å². The SMILES string of the molecule is Cc1ccc(C(=O)CCC(=O)N(CC(=O)Nc2ccccc2Br)Cc2ccco2)s1. The number of anilines is 1. The molecular formula is C22H21BrN2O4S. The number of para-hydroxylation sites is 1. The van der Waals surface area contributed by atoms with Crippen molar-refractivity contribution in [1.82, 2.24) is 4.90 Å². The van der Waals surface area contributed by atoms with Gasteiger partial charge in [-0.15, -0.1) is 11.3 Å². The van der Waals surface area contributed by atoms with Crippen molar-refractivity contribution in [3.05, 3.63) is 74.8 Å². The zero-order valence-electron chi connectivity index (χ0n) is 16.4. The fraction of sp³-hybridized carbons (Fsp3) is 0.227. The molecule has 156 valence electrons. The zero-order valence-corrected chi connectivity index (χ0v) is 18.8. The Morgan fingerprint density at radius 3 is 2.53 bits per heavy atom. The van der Waals surface area contributed by atoms with Gasteiger partial charge in [0.2, 0.25) is 11.8 Å². The van der Waals surface area contributed by atoms with E-state index in [9.17, 15) is 14.4 Å². The monoisotopic (exact) mass is 488 g/mol. The average Bonchev–Trinajstić information content (AvgIpc) is 3.39. The highest BCUT2D eigenvalue weighted by Crippen LogP contribution is 2.21. The van der Waals surface area contributed by atoms with Crippen LogP contribution in [0.3, 0.4) is 0 Å². The first-order valence-corrected chi connectivity index (χ1v) is 11.0. The number of ketones is 1. The molecule has 0 unspecified atom stereocenters. The van der Waals surface area contributed by atoms with Gasteiger partial charge in [0.25, 0.3) is 0 Å². The minimum absolute atomic E-state index is 0.0266. The summed E-state index contributed by atoms with van der Waals surface area (Å²) >= 11 is 4.80. The molecule has 8 heteroatoms. The van der Waals surface area contributed by atoms with Gasteiger partial charge < -0.3 is 14.6 Å². The number of halogens is 1. The van der Waals surface area contributed by atoms with Crippen molar-refractivity contribution in [1.29, 1.82) is 0 Å². The molecule has 3 aromatic rings. The van der Waals surface area contributed by atoms with Gasteiger partial charge >= 0.3 is 0 Å². The summed E-state index contributed by atoms with van der Waals surface area (Å²) in [6.07, 6.45) is 1.64. The lowest BCUT2D eigenvalue weighted by Gasteiger charge is -2.21. The van der Waals surface area contributed by atoms with Crippen molar-refractivity contribution in [3.8, 4) is 0 Å². The molecule has 30 heavy (non-hydrogen) atoms. The Bertz CT molecular complexity index is 1030. The van der Waals surface area contributed by atoms with E-state index in [0.717, 1.165) is 9.35 Å². The second kappa shape index (κ2) is 10.4. The summed E-state index contributed by atoms with van der Waals surface area (Å²) in [7, 11) is 0. The summed E-state index contributed by atoms with van der Waals surface area (Å²) in [4.78, 5) is 40.8. The van der Waals surface area contributed by atoms with Crippen molar-refractivity contribution in [3.63, 3.8) is 0 Å². The summed E-state index contributed by atoms with van der Waals surface area (Å²) in [6.45, 7) is 1.94. The molecule has 0 aliphatic rings. The van der Waals surface area contributed by atoms with Crippen molar-refractivity contribution in [2.75, 3.05) is 11.9 Å². The molecular weight excluding hydrogens is 468 g/mol. The van der Waals surface area contributed by atoms with E-state index < -0.39 is 0 Å². The van der Waals surface area contributed by atoms with E-state index in [2.05, 4.69) is 21.2 Å². The number of hydrogen-bond donors (Lipinski definition) is 1. The first kappa shape index (κ1) is 22.0. The molecule has 0 aliphatic heterocycles. The van der Waals surface area contributed by atoms with Gasteiger partial charge in [0.15, 0.2) is 5.78 Å². The highest BCUT2D eigenvalue weighted by Gasteiger charge is 2.21. The van der Waals surface area contributed by atoms with Crippen molar-refractivity contribution in [2.24, 2.45) is 0 Å². The van der Waals surface area contributed by atoms with Crippen molar-refractivity contribution in [2.45, 2.75) is 26.3 Å². The van der Waals surface area contributed by atoms with Gasteiger partial charge in [-0.3, -0.25) is 14.4 Å². The van der Waals surface area contributed by atoms with E-state index in [1.54, 1.807) is 24.3 Å².